The van der Waals surface area contributed by atoms with Gasteiger partial charge in [0.25, 0.3) is 0 Å². The largest absolute Gasteiger partial charge is 0.494 e. The summed E-state index contributed by atoms with van der Waals surface area (Å²) in [6.45, 7) is -0.406. The summed E-state index contributed by atoms with van der Waals surface area (Å²) in [7, 11) is 2.66. The predicted molar refractivity (Wildman–Crippen MR) is 100 cm³/mol. The third-order valence-corrected chi connectivity index (χ3v) is 3.98. The third-order valence-electron chi connectivity index (χ3n) is 3.37. The van der Waals surface area contributed by atoms with Crippen molar-refractivity contribution in [2.24, 2.45) is 5.16 Å². The number of esters is 2. The number of halogens is 2. The fourth-order valence-electron chi connectivity index (χ4n) is 2.18. The Kier molecular flexibility index (Phi) is 7.45. The van der Waals surface area contributed by atoms with Crippen molar-refractivity contribution in [2.75, 3.05) is 20.8 Å². The highest BCUT2D eigenvalue weighted by Gasteiger charge is 2.20. The molecule has 7 nitrogen and oxygen atoms in total. The summed E-state index contributed by atoms with van der Waals surface area (Å²) in [6, 6.07) is 9.83. The molecular weight excluding hydrogens is 397 g/mol. The Morgan fingerprint density at radius 1 is 1.07 bits per heavy atom. The van der Waals surface area contributed by atoms with Gasteiger partial charge in [-0.05, 0) is 18.2 Å². The lowest BCUT2D eigenvalue weighted by Crippen LogP contribution is -2.09. The second-order valence-corrected chi connectivity index (χ2v) is 5.76. The van der Waals surface area contributed by atoms with E-state index in [1.165, 1.54) is 14.2 Å². The number of methoxy groups -OCH3 is 2. The Morgan fingerprint density at radius 3 is 2.48 bits per heavy atom. The molecule has 2 aromatic carbocycles. The fraction of sp³-hybridized carbons (Fsp3) is 0.167. The predicted octanol–water partition coefficient (Wildman–Crippen LogP) is 3.96. The zero-order chi connectivity index (χ0) is 19.8. The molecule has 0 N–H and O–H groups in total. The van der Waals surface area contributed by atoms with Crippen LogP contribution >= 0.6 is 23.2 Å². The van der Waals surface area contributed by atoms with Crippen LogP contribution in [0.4, 0.5) is 0 Å². The van der Waals surface area contributed by atoms with Crippen LogP contribution in [0.15, 0.2) is 41.6 Å². The molecular formula is C18H15Cl2NO6. The maximum absolute atomic E-state index is 12.4. The molecule has 27 heavy (non-hydrogen) atoms. The molecule has 0 aliphatic heterocycles. The number of benzene rings is 2. The van der Waals surface area contributed by atoms with Crippen molar-refractivity contribution in [1.29, 1.82) is 0 Å². The molecule has 0 spiro atoms. The van der Waals surface area contributed by atoms with Crippen LogP contribution < -0.4 is 4.74 Å². The molecule has 0 bridgehead atoms. The van der Waals surface area contributed by atoms with Crippen molar-refractivity contribution in [1.82, 2.24) is 0 Å². The number of carbonyl (C=O) groups excluding carboxylic acids is 2. The summed E-state index contributed by atoms with van der Waals surface area (Å²) in [4.78, 5) is 27.9. The number of carbonyl (C=O) groups is 2. The van der Waals surface area contributed by atoms with Gasteiger partial charge in [-0.25, -0.2) is 9.59 Å². The minimum Gasteiger partial charge on any atom is -0.494 e. The molecule has 142 valence electrons. The van der Waals surface area contributed by atoms with Gasteiger partial charge in [0.15, 0.2) is 0 Å². The molecule has 0 aliphatic rings. The summed E-state index contributed by atoms with van der Waals surface area (Å²) in [5, 5.41) is 4.05. The van der Waals surface area contributed by atoms with E-state index in [1.54, 1.807) is 36.4 Å². The van der Waals surface area contributed by atoms with Gasteiger partial charge in [-0.1, -0.05) is 46.6 Å². The van der Waals surface area contributed by atoms with Gasteiger partial charge < -0.3 is 19.0 Å². The molecule has 0 saturated heterocycles. The molecule has 0 heterocycles. The van der Waals surface area contributed by atoms with Crippen molar-refractivity contribution in [3.8, 4) is 16.9 Å². The van der Waals surface area contributed by atoms with Crippen LogP contribution in [0.5, 0.6) is 5.75 Å². The topological polar surface area (TPSA) is 83.4 Å². The average molecular weight is 412 g/mol. The van der Waals surface area contributed by atoms with Crippen molar-refractivity contribution in [2.45, 2.75) is 0 Å². The maximum Gasteiger partial charge on any atom is 0.346 e. The molecule has 0 radical (unpaired) electrons. The first-order valence-electron chi connectivity index (χ1n) is 7.52. The van der Waals surface area contributed by atoms with Crippen LogP contribution in [0.3, 0.4) is 0 Å². The first-order valence-corrected chi connectivity index (χ1v) is 8.28. The highest BCUT2D eigenvalue weighted by atomic mass is 35.5. The van der Waals surface area contributed by atoms with Gasteiger partial charge in [-0.2, -0.15) is 0 Å². The van der Waals surface area contributed by atoms with Crippen LogP contribution in [0.2, 0.25) is 10.0 Å². The first kappa shape index (κ1) is 20.5. The zero-order valence-electron chi connectivity index (χ0n) is 14.4. The van der Waals surface area contributed by atoms with Gasteiger partial charge >= 0.3 is 11.9 Å². The Balaban J connectivity index is 2.27. The van der Waals surface area contributed by atoms with Gasteiger partial charge in [-0.3, -0.25) is 0 Å². The lowest BCUT2D eigenvalue weighted by atomic mass is 9.98. The fourth-order valence-corrected chi connectivity index (χ4v) is 2.66. The number of hydrogen-bond donors (Lipinski definition) is 0. The first-order chi connectivity index (χ1) is 13.0. The standard InChI is InChI=1S/C18H15Cl2NO6/c1-24-15(22)9-27-21-10-26-18(23)12-6-4-3-5-11(12)16-13(19)7-8-14(20)17(16)25-2/h3-8,10H,9H2,1-2H3. The Morgan fingerprint density at radius 2 is 1.78 bits per heavy atom. The summed E-state index contributed by atoms with van der Waals surface area (Å²) in [5.74, 6) is -1.000. The van der Waals surface area contributed by atoms with Gasteiger partial charge in [0.2, 0.25) is 13.0 Å². The molecule has 9 heteroatoms. The minimum absolute atomic E-state index is 0.208. The molecule has 0 atom stereocenters. The number of hydrogen-bond acceptors (Lipinski definition) is 7. The van der Waals surface area contributed by atoms with E-state index in [-0.39, 0.29) is 5.56 Å². The molecule has 0 aliphatic carbocycles. The Bertz CT molecular complexity index is 869. The highest BCUT2D eigenvalue weighted by Crippen LogP contribution is 2.42. The molecule has 2 rings (SSSR count). The van der Waals surface area contributed by atoms with Crippen molar-refractivity contribution < 1.29 is 28.6 Å². The van der Waals surface area contributed by atoms with Crippen molar-refractivity contribution in [3.63, 3.8) is 0 Å². The zero-order valence-corrected chi connectivity index (χ0v) is 15.9. The summed E-state index contributed by atoms with van der Waals surface area (Å²) in [5.41, 5.74) is 1.13. The molecule has 0 amide bonds. The normalized spacial score (nSPS) is 10.5. The van der Waals surface area contributed by atoms with Crippen LogP contribution in [0.1, 0.15) is 10.4 Å². The van der Waals surface area contributed by atoms with Gasteiger partial charge in [-0.15, -0.1) is 0 Å². The van der Waals surface area contributed by atoms with E-state index in [0.717, 1.165) is 6.40 Å². The smallest absolute Gasteiger partial charge is 0.346 e. The monoisotopic (exact) mass is 411 g/mol. The number of oxime groups is 1. The van der Waals surface area contributed by atoms with Crippen LogP contribution in [-0.4, -0.2) is 39.2 Å². The van der Waals surface area contributed by atoms with E-state index in [0.29, 0.717) is 26.9 Å². The quantitative estimate of drug-likeness (QED) is 0.296. The van der Waals surface area contributed by atoms with Crippen LogP contribution in [0.25, 0.3) is 11.1 Å². The van der Waals surface area contributed by atoms with Gasteiger partial charge in [0.1, 0.15) is 5.75 Å². The second kappa shape index (κ2) is 9.80. The van der Waals surface area contributed by atoms with E-state index in [2.05, 4.69) is 14.7 Å². The van der Waals surface area contributed by atoms with Crippen molar-refractivity contribution >= 4 is 41.5 Å². The second-order valence-electron chi connectivity index (χ2n) is 4.95. The Hall–Kier alpha value is -2.77. The van der Waals surface area contributed by atoms with E-state index in [9.17, 15) is 9.59 Å². The molecule has 0 unspecified atom stereocenters. The summed E-state index contributed by atoms with van der Waals surface area (Å²) < 4.78 is 14.6. The van der Waals surface area contributed by atoms with Crippen LogP contribution in [0, 0.1) is 0 Å². The van der Waals surface area contributed by atoms with Crippen molar-refractivity contribution in [3.05, 3.63) is 52.0 Å². The minimum atomic E-state index is -0.714. The summed E-state index contributed by atoms with van der Waals surface area (Å²) >= 11 is 12.5. The molecule has 2 aromatic rings. The number of rotatable bonds is 7. The Labute approximate surface area is 165 Å². The highest BCUT2D eigenvalue weighted by molar-refractivity contribution is 6.37. The average Bonchev–Trinajstić information content (AvgIpc) is 2.68. The third kappa shape index (κ3) is 5.12. The van der Waals surface area contributed by atoms with E-state index < -0.39 is 18.5 Å². The lowest BCUT2D eigenvalue weighted by molar-refractivity contribution is -0.145. The van der Waals surface area contributed by atoms with Crippen LogP contribution in [-0.2, 0) is 19.1 Å². The lowest BCUT2D eigenvalue weighted by Gasteiger charge is -2.14. The van der Waals surface area contributed by atoms with E-state index >= 15 is 0 Å². The number of ether oxygens (including phenoxy) is 3. The van der Waals surface area contributed by atoms with Gasteiger partial charge in [0, 0.05) is 11.1 Å². The van der Waals surface area contributed by atoms with E-state index in [4.69, 9.17) is 32.7 Å². The number of nitrogens with zero attached hydrogens (tertiary/aromatic N) is 1. The molecule has 0 aromatic heterocycles. The maximum atomic E-state index is 12.4. The summed E-state index contributed by atoms with van der Waals surface area (Å²) in [6.07, 6.45) is 0.777. The SMILES string of the molecule is COC(=O)CON=COC(=O)c1ccccc1-c1c(Cl)ccc(Cl)c1OC. The van der Waals surface area contributed by atoms with Gasteiger partial charge in [0.05, 0.1) is 29.8 Å². The van der Waals surface area contributed by atoms with E-state index in [1.807, 2.05) is 0 Å². The molecule has 0 fully saturated rings. The molecule has 0 saturated carbocycles.